The number of nitrogens with zero attached hydrogens (tertiary/aromatic N) is 2. The quantitative estimate of drug-likeness (QED) is 0.132. The minimum atomic E-state index is -0.297. The normalized spacial score (nSPS) is 14.0. The van der Waals surface area contributed by atoms with Crippen LogP contribution < -0.4 is 16.0 Å². The second-order valence-corrected chi connectivity index (χ2v) is 13.8. The van der Waals surface area contributed by atoms with Gasteiger partial charge < -0.3 is 20.7 Å². The Morgan fingerprint density at radius 2 is 1.57 bits per heavy atom. The number of pyridine rings is 1. The van der Waals surface area contributed by atoms with Crippen LogP contribution in [0.5, 0.6) is 0 Å². The second kappa shape index (κ2) is 18.8. The molecule has 0 saturated carbocycles. The van der Waals surface area contributed by atoms with Crippen LogP contribution in [0.15, 0.2) is 48.5 Å². The predicted octanol–water partition coefficient (Wildman–Crippen LogP) is 8.77. The lowest BCUT2D eigenvalue weighted by atomic mass is 9.86. The number of hydrogen-bond donors (Lipinski definition) is 3. The smallest absolute Gasteiger partial charge is 0.319 e. The molecule has 0 spiro atoms. The number of carbonyl (C=O) groups excluding carboxylic acids is 2. The maximum Gasteiger partial charge on any atom is 0.319 e. The molecule has 1 aromatic heterocycles. The molecule has 2 aromatic carbocycles. The number of aromatic nitrogens is 1. The van der Waals surface area contributed by atoms with Crippen molar-refractivity contribution in [3.05, 3.63) is 82.4 Å². The van der Waals surface area contributed by atoms with Crippen molar-refractivity contribution in [1.29, 1.82) is 0 Å². The first-order valence-electron chi connectivity index (χ1n) is 18.1. The fourth-order valence-electron chi connectivity index (χ4n) is 6.68. The van der Waals surface area contributed by atoms with E-state index in [1.165, 1.54) is 31.4 Å². The Balaban J connectivity index is 1.45. The van der Waals surface area contributed by atoms with Gasteiger partial charge in [-0.1, -0.05) is 84.6 Å². The number of carbonyl (C=O) groups is 2. The molecule has 49 heavy (non-hydrogen) atoms. The molecule has 0 radical (unpaired) electrons. The van der Waals surface area contributed by atoms with Gasteiger partial charge in [-0.15, -0.1) is 0 Å². The van der Waals surface area contributed by atoms with Crippen LogP contribution in [0.1, 0.15) is 124 Å². The van der Waals surface area contributed by atoms with Crippen LogP contribution in [0.4, 0.5) is 14.9 Å². The second-order valence-electron chi connectivity index (χ2n) is 13.8. The minimum absolute atomic E-state index is 0.0142. The van der Waals surface area contributed by atoms with Crippen LogP contribution in [0.3, 0.4) is 0 Å². The summed E-state index contributed by atoms with van der Waals surface area (Å²) in [5, 5.41) is 9.00. The third-order valence-corrected chi connectivity index (χ3v) is 9.27. The summed E-state index contributed by atoms with van der Waals surface area (Å²) >= 11 is 0. The monoisotopic (exact) mass is 673 g/mol. The van der Waals surface area contributed by atoms with Gasteiger partial charge in [0, 0.05) is 56.3 Å². The molecule has 9 heteroatoms. The number of nitrogens with one attached hydrogen (secondary N) is 3. The van der Waals surface area contributed by atoms with Gasteiger partial charge in [0.05, 0.1) is 17.9 Å². The van der Waals surface area contributed by atoms with Gasteiger partial charge in [-0.2, -0.15) is 0 Å². The molecule has 0 atom stereocenters. The summed E-state index contributed by atoms with van der Waals surface area (Å²) in [5.41, 5.74) is 7.29. The lowest BCUT2D eigenvalue weighted by Crippen LogP contribution is -2.44. The van der Waals surface area contributed by atoms with Crippen molar-refractivity contribution in [3.63, 3.8) is 0 Å². The number of benzene rings is 2. The summed E-state index contributed by atoms with van der Waals surface area (Å²) in [6.07, 6.45) is 7.20. The van der Waals surface area contributed by atoms with E-state index in [0.29, 0.717) is 30.9 Å². The molecular weight excluding hydrogens is 617 g/mol. The van der Waals surface area contributed by atoms with E-state index in [1.54, 1.807) is 19.2 Å². The van der Waals surface area contributed by atoms with Crippen LogP contribution >= 0.6 is 0 Å². The molecule has 2 heterocycles. The van der Waals surface area contributed by atoms with Gasteiger partial charge in [0.2, 0.25) is 0 Å². The predicted molar refractivity (Wildman–Crippen MR) is 197 cm³/mol. The Hall–Kier alpha value is -3.82. The summed E-state index contributed by atoms with van der Waals surface area (Å²) in [7, 11) is 1.70. The lowest BCUT2D eigenvalue weighted by molar-refractivity contribution is 0.0909. The number of hydrogen-bond acceptors (Lipinski definition) is 5. The molecule has 0 unspecified atom stereocenters. The van der Waals surface area contributed by atoms with Crippen LogP contribution in [0, 0.1) is 5.82 Å². The van der Waals surface area contributed by atoms with Gasteiger partial charge in [0.25, 0.3) is 5.91 Å². The van der Waals surface area contributed by atoms with Crippen molar-refractivity contribution in [3.8, 4) is 11.1 Å². The van der Waals surface area contributed by atoms with E-state index < -0.39 is 0 Å². The molecule has 3 amide bonds. The highest BCUT2D eigenvalue weighted by atomic mass is 19.1. The molecule has 266 valence electrons. The number of unbranched alkanes of at least 4 members (excludes halogenated alkanes) is 4. The number of likely N-dealkylation sites (tertiary alicyclic amines) is 1. The standard InChI is InChI=1S/C40H56FN5O3/c1-7-8-9-10-13-22-42-40(48)44-35-15-12-11-14-32(35)39(47)43-31-20-23-46(24-21-31)25-33-36(29-16-18-30(41)19-17-29)34(26-49-6)38(28(4)5)45-37(33)27(2)3/h11-12,14-19,27-28,31H,7-10,13,20-26H2,1-6H3,(H,43,47)(H2,42,44,48). The van der Waals surface area contributed by atoms with Crippen molar-refractivity contribution in [2.24, 2.45) is 0 Å². The van der Waals surface area contributed by atoms with E-state index in [9.17, 15) is 14.0 Å². The van der Waals surface area contributed by atoms with Gasteiger partial charge in [-0.3, -0.25) is 14.7 Å². The van der Waals surface area contributed by atoms with E-state index >= 15 is 0 Å². The summed E-state index contributed by atoms with van der Waals surface area (Å²) in [6.45, 7) is 14.2. The van der Waals surface area contributed by atoms with Crippen LogP contribution in [0.25, 0.3) is 11.1 Å². The zero-order chi connectivity index (χ0) is 35.3. The number of urea groups is 1. The van der Waals surface area contributed by atoms with E-state index in [-0.39, 0.29) is 35.6 Å². The van der Waals surface area contributed by atoms with Crippen molar-refractivity contribution in [2.45, 2.75) is 111 Å². The van der Waals surface area contributed by atoms with Crippen molar-refractivity contribution in [2.75, 3.05) is 32.1 Å². The third kappa shape index (κ3) is 10.6. The first kappa shape index (κ1) is 38.0. The van der Waals surface area contributed by atoms with E-state index in [4.69, 9.17) is 9.72 Å². The maximum atomic E-state index is 14.0. The SMILES string of the molecule is CCCCCCCNC(=O)Nc1ccccc1C(=O)NC1CCN(Cc2c(C(C)C)nc(C(C)C)c(COC)c2-c2ccc(F)cc2)CC1. The number of halogens is 1. The molecule has 1 saturated heterocycles. The third-order valence-electron chi connectivity index (χ3n) is 9.27. The summed E-state index contributed by atoms with van der Waals surface area (Å²) in [6, 6.07) is 13.6. The van der Waals surface area contributed by atoms with Crippen molar-refractivity contribution < 1.29 is 18.7 Å². The Morgan fingerprint density at radius 3 is 2.22 bits per heavy atom. The molecule has 8 nitrogen and oxygen atoms in total. The molecule has 0 bridgehead atoms. The maximum absolute atomic E-state index is 14.0. The Bertz CT molecular complexity index is 1520. The van der Waals surface area contributed by atoms with E-state index in [2.05, 4.69) is 55.5 Å². The zero-order valence-corrected chi connectivity index (χ0v) is 30.3. The number of amides is 3. The molecule has 3 N–H and O–H groups in total. The number of methoxy groups -OCH3 is 1. The average molecular weight is 674 g/mol. The van der Waals surface area contributed by atoms with Crippen LogP contribution in [0.2, 0.25) is 0 Å². The van der Waals surface area contributed by atoms with Gasteiger partial charge in [-0.05, 0) is 72.1 Å². The number of para-hydroxylation sites is 1. The van der Waals surface area contributed by atoms with Gasteiger partial charge in [0.15, 0.2) is 0 Å². The number of piperidine rings is 1. The van der Waals surface area contributed by atoms with Crippen LogP contribution in [-0.2, 0) is 17.9 Å². The lowest BCUT2D eigenvalue weighted by Gasteiger charge is -2.34. The van der Waals surface area contributed by atoms with Crippen molar-refractivity contribution >= 4 is 17.6 Å². The van der Waals surface area contributed by atoms with Crippen molar-refractivity contribution in [1.82, 2.24) is 20.5 Å². The molecule has 3 aromatic rings. The first-order chi connectivity index (χ1) is 23.6. The highest BCUT2D eigenvalue weighted by Crippen LogP contribution is 2.38. The van der Waals surface area contributed by atoms with Crippen LogP contribution in [-0.4, -0.2) is 54.6 Å². The Labute approximate surface area is 292 Å². The fourth-order valence-corrected chi connectivity index (χ4v) is 6.68. The molecule has 1 aliphatic rings. The molecule has 1 aliphatic heterocycles. The van der Waals surface area contributed by atoms with Gasteiger partial charge in [0.1, 0.15) is 5.82 Å². The summed E-state index contributed by atoms with van der Waals surface area (Å²) in [4.78, 5) is 33.7. The zero-order valence-electron chi connectivity index (χ0n) is 30.3. The Morgan fingerprint density at radius 1 is 0.918 bits per heavy atom. The highest BCUT2D eigenvalue weighted by molar-refractivity contribution is 6.03. The highest BCUT2D eigenvalue weighted by Gasteiger charge is 2.28. The largest absolute Gasteiger partial charge is 0.380 e. The first-order valence-corrected chi connectivity index (χ1v) is 18.1. The average Bonchev–Trinajstić information content (AvgIpc) is 3.08. The molecule has 1 fully saturated rings. The summed E-state index contributed by atoms with van der Waals surface area (Å²) < 4.78 is 19.8. The fraction of sp³-hybridized carbons (Fsp3) is 0.525. The number of ether oxygens (including phenoxy) is 1. The summed E-state index contributed by atoms with van der Waals surface area (Å²) in [5.74, 6) is -0.0565. The number of rotatable bonds is 16. The molecular formula is C40H56FN5O3. The van der Waals surface area contributed by atoms with Gasteiger partial charge in [-0.25, -0.2) is 9.18 Å². The van der Waals surface area contributed by atoms with E-state index in [1.807, 2.05) is 24.3 Å². The topological polar surface area (TPSA) is 95.6 Å². The van der Waals surface area contributed by atoms with E-state index in [0.717, 1.165) is 72.4 Å². The van der Waals surface area contributed by atoms with Gasteiger partial charge >= 0.3 is 6.03 Å². The molecule has 4 rings (SSSR count). The number of anilines is 1. The minimum Gasteiger partial charge on any atom is -0.380 e. The molecule has 0 aliphatic carbocycles. The Kier molecular flexibility index (Phi) is 14.6.